The molecule has 2 aromatic carbocycles. The molecule has 2 aromatic rings. The Labute approximate surface area is 138 Å². The van der Waals surface area contributed by atoms with Gasteiger partial charge in [0.05, 0.1) is 10.0 Å². The second kappa shape index (κ2) is 7.51. The minimum Gasteiger partial charge on any atom is -0.360 e. The van der Waals surface area contributed by atoms with Crippen LogP contribution in [0.4, 0.5) is 11.4 Å². The normalized spacial score (nSPS) is 10.7. The van der Waals surface area contributed by atoms with E-state index in [0.717, 1.165) is 5.69 Å². The highest BCUT2D eigenvalue weighted by atomic mass is 35.5. The molecule has 0 aliphatic rings. The molecular formula is C16H11Cl2N3O. The Hall–Kier alpha value is -2.48. The minimum atomic E-state index is -0.538. The number of halogens is 2. The summed E-state index contributed by atoms with van der Waals surface area (Å²) in [5.74, 6) is -0.538. The van der Waals surface area contributed by atoms with E-state index < -0.39 is 5.91 Å². The summed E-state index contributed by atoms with van der Waals surface area (Å²) in [5.41, 5.74) is 1.17. The molecule has 0 spiro atoms. The zero-order valence-corrected chi connectivity index (χ0v) is 12.8. The standard InChI is InChI=1S/C16H11Cl2N3O/c17-14-7-6-13(8-15(14)18)21-16(22)11(9-19)10-20-12-4-2-1-3-5-12/h1-8,10,20H,(H,21,22)/b11-10-. The largest absolute Gasteiger partial charge is 0.360 e. The molecule has 0 heterocycles. The summed E-state index contributed by atoms with van der Waals surface area (Å²) in [5, 5.41) is 15.3. The zero-order chi connectivity index (χ0) is 15.9. The van der Waals surface area contributed by atoms with Crippen LogP contribution in [0.25, 0.3) is 0 Å². The van der Waals surface area contributed by atoms with Crippen LogP contribution in [-0.2, 0) is 4.79 Å². The van der Waals surface area contributed by atoms with Gasteiger partial charge >= 0.3 is 0 Å². The van der Waals surface area contributed by atoms with Crippen molar-refractivity contribution in [2.75, 3.05) is 10.6 Å². The van der Waals surface area contributed by atoms with Crippen LogP contribution >= 0.6 is 23.2 Å². The summed E-state index contributed by atoms with van der Waals surface area (Å²) < 4.78 is 0. The van der Waals surface area contributed by atoms with Crippen LogP contribution in [0.5, 0.6) is 0 Å². The molecule has 1 amide bonds. The number of para-hydroxylation sites is 1. The number of benzene rings is 2. The molecule has 0 atom stereocenters. The third-order valence-electron chi connectivity index (χ3n) is 2.70. The van der Waals surface area contributed by atoms with Crippen molar-refractivity contribution < 1.29 is 4.79 Å². The smallest absolute Gasteiger partial charge is 0.267 e. The van der Waals surface area contributed by atoms with Crippen LogP contribution in [0.1, 0.15) is 0 Å². The SMILES string of the molecule is N#C/C(=C/Nc1ccccc1)C(=O)Nc1ccc(Cl)c(Cl)c1. The van der Waals surface area contributed by atoms with Crippen molar-refractivity contribution in [2.45, 2.75) is 0 Å². The van der Waals surface area contributed by atoms with E-state index in [-0.39, 0.29) is 5.57 Å². The molecule has 4 nitrogen and oxygen atoms in total. The van der Waals surface area contributed by atoms with Crippen LogP contribution in [0.3, 0.4) is 0 Å². The fraction of sp³-hybridized carbons (Fsp3) is 0. The highest BCUT2D eigenvalue weighted by Crippen LogP contribution is 2.25. The molecule has 0 aliphatic heterocycles. The van der Waals surface area contributed by atoms with Gasteiger partial charge in [-0.15, -0.1) is 0 Å². The first-order chi connectivity index (χ1) is 10.6. The molecule has 2 N–H and O–H groups in total. The lowest BCUT2D eigenvalue weighted by atomic mass is 10.2. The summed E-state index contributed by atoms with van der Waals surface area (Å²) in [6, 6.07) is 15.7. The Bertz CT molecular complexity index is 752. The van der Waals surface area contributed by atoms with E-state index >= 15 is 0 Å². The summed E-state index contributed by atoms with van der Waals surface area (Å²) in [6.45, 7) is 0. The number of anilines is 2. The Morgan fingerprint density at radius 2 is 1.77 bits per heavy atom. The molecule has 0 radical (unpaired) electrons. The van der Waals surface area contributed by atoms with Gasteiger partial charge in [-0.1, -0.05) is 41.4 Å². The zero-order valence-electron chi connectivity index (χ0n) is 11.3. The van der Waals surface area contributed by atoms with Crippen LogP contribution in [0, 0.1) is 11.3 Å². The van der Waals surface area contributed by atoms with Gasteiger partial charge in [0.1, 0.15) is 11.6 Å². The summed E-state index contributed by atoms with van der Waals surface area (Å²) in [7, 11) is 0. The van der Waals surface area contributed by atoms with Crippen LogP contribution < -0.4 is 10.6 Å². The van der Waals surface area contributed by atoms with Gasteiger partial charge < -0.3 is 10.6 Å². The van der Waals surface area contributed by atoms with Crippen molar-refractivity contribution in [3.63, 3.8) is 0 Å². The van der Waals surface area contributed by atoms with E-state index in [1.165, 1.54) is 12.3 Å². The van der Waals surface area contributed by atoms with Crippen LogP contribution in [-0.4, -0.2) is 5.91 Å². The van der Waals surface area contributed by atoms with Gasteiger partial charge in [-0.25, -0.2) is 0 Å². The quantitative estimate of drug-likeness (QED) is 0.642. The van der Waals surface area contributed by atoms with Gasteiger partial charge in [-0.3, -0.25) is 4.79 Å². The van der Waals surface area contributed by atoms with Gasteiger partial charge in [-0.2, -0.15) is 5.26 Å². The number of hydrogen-bond acceptors (Lipinski definition) is 3. The second-order valence-corrected chi connectivity index (χ2v) is 5.08. The van der Waals surface area contributed by atoms with Gasteiger partial charge in [0, 0.05) is 17.6 Å². The summed E-state index contributed by atoms with van der Waals surface area (Å²) >= 11 is 11.7. The number of carbonyl (C=O) groups is 1. The topological polar surface area (TPSA) is 64.9 Å². The second-order valence-electron chi connectivity index (χ2n) is 4.26. The molecule has 0 aliphatic carbocycles. The van der Waals surface area contributed by atoms with E-state index in [4.69, 9.17) is 28.5 Å². The minimum absolute atomic E-state index is 0.0603. The Kier molecular flexibility index (Phi) is 5.42. The number of nitrogens with one attached hydrogen (secondary N) is 2. The number of nitrogens with zero attached hydrogens (tertiary/aromatic N) is 1. The number of rotatable bonds is 4. The van der Waals surface area contributed by atoms with Crippen molar-refractivity contribution in [2.24, 2.45) is 0 Å². The molecule has 0 saturated heterocycles. The Morgan fingerprint density at radius 1 is 1.05 bits per heavy atom. The van der Waals surface area contributed by atoms with Gasteiger partial charge in [0.15, 0.2) is 0 Å². The first-order valence-corrected chi connectivity index (χ1v) is 7.04. The van der Waals surface area contributed by atoms with E-state index in [2.05, 4.69) is 10.6 Å². The molecule has 2 rings (SSSR count). The Balaban J connectivity index is 2.08. The van der Waals surface area contributed by atoms with Gasteiger partial charge in [-0.05, 0) is 30.3 Å². The van der Waals surface area contributed by atoms with Gasteiger partial charge in [0.25, 0.3) is 5.91 Å². The molecule has 110 valence electrons. The average molecular weight is 332 g/mol. The highest BCUT2D eigenvalue weighted by Gasteiger charge is 2.10. The molecule has 6 heteroatoms. The van der Waals surface area contributed by atoms with Crippen molar-refractivity contribution in [1.29, 1.82) is 5.26 Å². The predicted octanol–water partition coefficient (Wildman–Crippen LogP) is 4.45. The first-order valence-electron chi connectivity index (χ1n) is 6.28. The third-order valence-corrected chi connectivity index (χ3v) is 3.44. The number of nitriles is 1. The number of carbonyl (C=O) groups excluding carboxylic acids is 1. The monoisotopic (exact) mass is 331 g/mol. The molecule has 0 saturated carbocycles. The fourth-order valence-corrected chi connectivity index (χ4v) is 1.91. The summed E-state index contributed by atoms with van der Waals surface area (Å²) in [6.07, 6.45) is 1.35. The maximum atomic E-state index is 12.0. The van der Waals surface area contributed by atoms with E-state index in [9.17, 15) is 4.79 Å². The molecule has 0 bridgehead atoms. The lowest BCUT2D eigenvalue weighted by Crippen LogP contribution is -2.14. The van der Waals surface area contributed by atoms with E-state index in [0.29, 0.717) is 15.7 Å². The maximum Gasteiger partial charge on any atom is 0.267 e. The van der Waals surface area contributed by atoms with Crippen molar-refractivity contribution >= 4 is 40.5 Å². The highest BCUT2D eigenvalue weighted by molar-refractivity contribution is 6.42. The molecule has 22 heavy (non-hydrogen) atoms. The van der Waals surface area contributed by atoms with Gasteiger partial charge in [0.2, 0.25) is 0 Å². The molecule has 0 fully saturated rings. The average Bonchev–Trinajstić information content (AvgIpc) is 2.52. The van der Waals surface area contributed by atoms with Crippen molar-refractivity contribution in [3.05, 3.63) is 70.3 Å². The molecule has 0 unspecified atom stereocenters. The van der Waals surface area contributed by atoms with E-state index in [1.807, 2.05) is 36.4 Å². The third kappa shape index (κ3) is 4.26. The molecular weight excluding hydrogens is 321 g/mol. The maximum absolute atomic E-state index is 12.0. The number of amides is 1. The van der Waals surface area contributed by atoms with Crippen molar-refractivity contribution in [3.8, 4) is 6.07 Å². The first kappa shape index (κ1) is 15.9. The van der Waals surface area contributed by atoms with Crippen LogP contribution in [0.15, 0.2) is 60.3 Å². The lowest BCUT2D eigenvalue weighted by Gasteiger charge is -2.06. The lowest BCUT2D eigenvalue weighted by molar-refractivity contribution is -0.112. The fourth-order valence-electron chi connectivity index (χ4n) is 1.61. The van der Waals surface area contributed by atoms with Crippen LogP contribution in [0.2, 0.25) is 10.0 Å². The predicted molar refractivity (Wildman–Crippen MR) is 88.9 cm³/mol. The molecule has 0 aromatic heterocycles. The Morgan fingerprint density at radius 3 is 2.41 bits per heavy atom. The van der Waals surface area contributed by atoms with E-state index in [1.54, 1.807) is 12.1 Å². The number of hydrogen-bond donors (Lipinski definition) is 2. The summed E-state index contributed by atoms with van der Waals surface area (Å²) in [4.78, 5) is 12.0. The van der Waals surface area contributed by atoms with Crippen molar-refractivity contribution in [1.82, 2.24) is 0 Å².